The monoisotopic (exact) mass is 276 g/mol. The lowest BCUT2D eigenvalue weighted by Gasteiger charge is -2.30. The predicted octanol–water partition coefficient (Wildman–Crippen LogP) is 1.45. The largest absolute Gasteiger partial charge is 0.461 e. The average Bonchev–Trinajstić information content (AvgIpc) is 2.80. The SMILES string of the molecule is O=C1C[C@@H]2OC(=O)C[C@@H]2[C@H](COCc2ccccc2)O1. The van der Waals surface area contributed by atoms with Crippen molar-refractivity contribution in [1.29, 1.82) is 0 Å². The Morgan fingerprint density at radius 1 is 1.05 bits per heavy atom. The molecule has 0 radical (unpaired) electrons. The second-order valence-corrected chi connectivity index (χ2v) is 5.13. The van der Waals surface area contributed by atoms with E-state index in [2.05, 4.69) is 0 Å². The van der Waals surface area contributed by atoms with Gasteiger partial charge in [0.25, 0.3) is 0 Å². The van der Waals surface area contributed by atoms with E-state index in [1.165, 1.54) is 0 Å². The van der Waals surface area contributed by atoms with Crippen LogP contribution in [-0.2, 0) is 30.4 Å². The number of cyclic esters (lactones) is 1. The Bertz CT molecular complexity index is 498. The second-order valence-electron chi connectivity index (χ2n) is 5.13. The van der Waals surface area contributed by atoms with E-state index in [1.54, 1.807) is 0 Å². The van der Waals surface area contributed by atoms with Gasteiger partial charge in [0.2, 0.25) is 0 Å². The number of benzene rings is 1. The quantitative estimate of drug-likeness (QED) is 0.779. The molecule has 5 heteroatoms. The maximum atomic E-state index is 11.5. The van der Waals surface area contributed by atoms with E-state index in [1.807, 2.05) is 30.3 Å². The first kappa shape index (κ1) is 13.1. The van der Waals surface area contributed by atoms with Crippen LogP contribution >= 0.6 is 0 Å². The summed E-state index contributed by atoms with van der Waals surface area (Å²) in [5.74, 6) is -0.656. The number of rotatable bonds is 4. The maximum Gasteiger partial charge on any atom is 0.309 e. The van der Waals surface area contributed by atoms with Gasteiger partial charge in [0.15, 0.2) is 0 Å². The predicted molar refractivity (Wildman–Crippen MR) is 68.6 cm³/mol. The average molecular weight is 276 g/mol. The van der Waals surface area contributed by atoms with Crippen molar-refractivity contribution in [3.8, 4) is 0 Å². The molecule has 0 saturated carbocycles. The summed E-state index contributed by atoms with van der Waals surface area (Å²) in [6.07, 6.45) is -0.270. The molecule has 1 aromatic carbocycles. The standard InChI is InChI=1S/C15H16O5/c16-14-6-11-12(19-14)7-15(17)20-13(11)9-18-8-10-4-2-1-3-5-10/h1-5,11-13H,6-9H2/t11-,12-,13-/m0/s1. The van der Waals surface area contributed by atoms with Crippen LogP contribution in [0, 0.1) is 5.92 Å². The van der Waals surface area contributed by atoms with E-state index >= 15 is 0 Å². The minimum absolute atomic E-state index is 0.0732. The number of esters is 2. The molecule has 0 bridgehead atoms. The first-order chi connectivity index (χ1) is 9.72. The third kappa shape index (κ3) is 2.82. The highest BCUT2D eigenvalue weighted by molar-refractivity contribution is 5.77. The lowest BCUT2D eigenvalue weighted by atomic mass is 9.91. The summed E-state index contributed by atoms with van der Waals surface area (Å²) in [6.45, 7) is 0.750. The summed E-state index contributed by atoms with van der Waals surface area (Å²) in [5.41, 5.74) is 1.06. The minimum atomic E-state index is -0.392. The minimum Gasteiger partial charge on any atom is -0.461 e. The normalized spacial score (nSPS) is 28.7. The van der Waals surface area contributed by atoms with Crippen molar-refractivity contribution in [1.82, 2.24) is 0 Å². The Kier molecular flexibility index (Phi) is 3.69. The molecule has 0 aromatic heterocycles. The van der Waals surface area contributed by atoms with E-state index in [4.69, 9.17) is 14.2 Å². The number of carbonyl (C=O) groups is 2. The first-order valence-electron chi connectivity index (χ1n) is 6.73. The Balaban J connectivity index is 1.56. The van der Waals surface area contributed by atoms with Gasteiger partial charge in [-0.3, -0.25) is 9.59 Å². The summed E-state index contributed by atoms with van der Waals surface area (Å²) in [4.78, 5) is 22.8. The first-order valence-corrected chi connectivity index (χ1v) is 6.73. The second kappa shape index (κ2) is 5.63. The molecular formula is C15H16O5. The van der Waals surface area contributed by atoms with Gasteiger partial charge in [-0.2, -0.15) is 0 Å². The summed E-state index contributed by atoms with van der Waals surface area (Å²) >= 11 is 0. The highest BCUT2D eigenvalue weighted by Gasteiger charge is 2.46. The highest BCUT2D eigenvalue weighted by atomic mass is 16.6. The molecule has 2 fully saturated rings. The molecule has 106 valence electrons. The number of hydrogen-bond donors (Lipinski definition) is 0. The molecule has 5 nitrogen and oxygen atoms in total. The third-order valence-corrected chi connectivity index (χ3v) is 3.68. The zero-order chi connectivity index (χ0) is 13.9. The number of hydrogen-bond acceptors (Lipinski definition) is 5. The van der Waals surface area contributed by atoms with Crippen molar-refractivity contribution < 1.29 is 23.8 Å². The van der Waals surface area contributed by atoms with Gasteiger partial charge in [-0.05, 0) is 5.56 Å². The van der Waals surface area contributed by atoms with Crippen LogP contribution in [0.2, 0.25) is 0 Å². The number of ether oxygens (including phenoxy) is 3. The van der Waals surface area contributed by atoms with Crippen LogP contribution in [-0.4, -0.2) is 30.8 Å². The smallest absolute Gasteiger partial charge is 0.309 e. The van der Waals surface area contributed by atoms with Crippen LogP contribution in [0.3, 0.4) is 0 Å². The summed E-state index contributed by atoms with van der Waals surface area (Å²) in [5, 5.41) is 0. The van der Waals surface area contributed by atoms with Crippen LogP contribution in [0.4, 0.5) is 0 Å². The molecule has 3 atom stereocenters. The van der Waals surface area contributed by atoms with Crippen LogP contribution in [0.1, 0.15) is 18.4 Å². The van der Waals surface area contributed by atoms with Crippen molar-refractivity contribution in [3.05, 3.63) is 35.9 Å². The van der Waals surface area contributed by atoms with Gasteiger partial charge in [0.1, 0.15) is 12.2 Å². The lowest BCUT2D eigenvalue weighted by Crippen LogP contribution is -2.42. The van der Waals surface area contributed by atoms with Crippen molar-refractivity contribution in [2.24, 2.45) is 5.92 Å². The van der Waals surface area contributed by atoms with Gasteiger partial charge in [-0.15, -0.1) is 0 Å². The molecule has 1 aromatic rings. The molecule has 0 unspecified atom stereocenters. The Morgan fingerprint density at radius 3 is 2.60 bits per heavy atom. The van der Waals surface area contributed by atoms with Gasteiger partial charge < -0.3 is 14.2 Å². The highest BCUT2D eigenvalue weighted by Crippen LogP contribution is 2.33. The van der Waals surface area contributed by atoms with Gasteiger partial charge >= 0.3 is 11.9 Å². The summed E-state index contributed by atoms with van der Waals surface area (Å²) in [6, 6.07) is 9.77. The third-order valence-electron chi connectivity index (χ3n) is 3.68. The fourth-order valence-electron chi connectivity index (χ4n) is 2.69. The fourth-order valence-corrected chi connectivity index (χ4v) is 2.69. The zero-order valence-corrected chi connectivity index (χ0v) is 11.0. The number of fused-ring (bicyclic) bond motifs is 1. The zero-order valence-electron chi connectivity index (χ0n) is 11.0. The molecule has 0 spiro atoms. The molecule has 2 aliphatic rings. The lowest BCUT2D eigenvalue weighted by molar-refractivity contribution is -0.171. The van der Waals surface area contributed by atoms with Crippen molar-refractivity contribution in [3.63, 3.8) is 0 Å². The van der Waals surface area contributed by atoms with E-state index in [-0.39, 0.29) is 30.4 Å². The van der Waals surface area contributed by atoms with Gasteiger partial charge in [-0.25, -0.2) is 0 Å². The fraction of sp³-hybridized carbons (Fsp3) is 0.467. The topological polar surface area (TPSA) is 61.8 Å². The van der Waals surface area contributed by atoms with Gasteiger partial charge in [0, 0.05) is 5.92 Å². The molecule has 0 aliphatic carbocycles. The van der Waals surface area contributed by atoms with Crippen LogP contribution in [0.5, 0.6) is 0 Å². The van der Waals surface area contributed by atoms with Crippen LogP contribution in [0.15, 0.2) is 30.3 Å². The molecule has 20 heavy (non-hydrogen) atoms. The molecule has 2 aliphatic heterocycles. The summed E-state index contributed by atoms with van der Waals surface area (Å²) in [7, 11) is 0. The van der Waals surface area contributed by atoms with E-state index < -0.39 is 6.10 Å². The molecule has 0 amide bonds. The van der Waals surface area contributed by atoms with E-state index in [9.17, 15) is 9.59 Å². The van der Waals surface area contributed by atoms with Crippen molar-refractivity contribution in [2.45, 2.75) is 31.7 Å². The molecular weight excluding hydrogens is 260 g/mol. The molecule has 2 heterocycles. The van der Waals surface area contributed by atoms with Crippen molar-refractivity contribution >= 4 is 11.9 Å². The molecule has 2 saturated heterocycles. The van der Waals surface area contributed by atoms with Crippen molar-refractivity contribution in [2.75, 3.05) is 6.61 Å². The summed E-state index contributed by atoms with van der Waals surface area (Å²) < 4.78 is 16.0. The Morgan fingerprint density at radius 2 is 1.80 bits per heavy atom. The van der Waals surface area contributed by atoms with E-state index in [0.29, 0.717) is 19.6 Å². The molecule has 0 N–H and O–H groups in total. The molecule has 3 rings (SSSR count). The van der Waals surface area contributed by atoms with Gasteiger partial charge in [0.05, 0.1) is 26.1 Å². The van der Waals surface area contributed by atoms with E-state index in [0.717, 1.165) is 5.56 Å². The van der Waals surface area contributed by atoms with Gasteiger partial charge in [-0.1, -0.05) is 30.3 Å². The Labute approximate surface area is 116 Å². The Hall–Kier alpha value is -1.88. The van der Waals surface area contributed by atoms with Crippen LogP contribution < -0.4 is 0 Å². The van der Waals surface area contributed by atoms with Crippen LogP contribution in [0.25, 0.3) is 0 Å². The number of carbonyl (C=O) groups excluding carboxylic acids is 2. The maximum absolute atomic E-state index is 11.5.